The molecule has 0 radical (unpaired) electrons. The number of rotatable bonds is 4. The molecule has 0 saturated carbocycles. The van der Waals surface area contributed by atoms with E-state index in [9.17, 15) is 9.59 Å². The quantitative estimate of drug-likeness (QED) is 0.898. The molecule has 7 nitrogen and oxygen atoms in total. The maximum atomic E-state index is 12.1. The monoisotopic (exact) mass is 289 g/mol. The molecule has 0 atom stereocenters. The second-order valence-corrected chi connectivity index (χ2v) is 4.51. The fourth-order valence-corrected chi connectivity index (χ4v) is 2.14. The lowest BCUT2D eigenvalue weighted by molar-refractivity contribution is -0.136. The summed E-state index contributed by atoms with van der Waals surface area (Å²) in [6.45, 7) is 3.32. The standard InChI is InChI=1S/C14H15N3O4/c1-8-11(6-13(18)19)9(2)17(14(20)16-8)10-4-5-12(21-3)15-7-10/h4-5,7H,6H2,1-3H3,(H,18,19). The number of carbonyl (C=O) groups is 1. The van der Waals surface area contributed by atoms with Gasteiger partial charge in [-0.25, -0.2) is 9.78 Å². The molecule has 0 spiro atoms. The van der Waals surface area contributed by atoms with Crippen molar-refractivity contribution in [3.8, 4) is 11.6 Å². The summed E-state index contributed by atoms with van der Waals surface area (Å²) in [5, 5.41) is 8.97. The molecule has 0 aliphatic rings. The number of nitrogens with zero attached hydrogens (tertiary/aromatic N) is 3. The Bertz CT molecular complexity index is 735. The van der Waals surface area contributed by atoms with Crippen molar-refractivity contribution in [3.63, 3.8) is 0 Å². The van der Waals surface area contributed by atoms with E-state index in [1.54, 1.807) is 26.0 Å². The van der Waals surface area contributed by atoms with E-state index in [2.05, 4.69) is 9.97 Å². The highest BCUT2D eigenvalue weighted by Gasteiger charge is 2.15. The van der Waals surface area contributed by atoms with Crippen molar-refractivity contribution in [1.82, 2.24) is 14.5 Å². The normalized spacial score (nSPS) is 10.4. The second-order valence-electron chi connectivity index (χ2n) is 4.51. The van der Waals surface area contributed by atoms with Gasteiger partial charge in [-0.1, -0.05) is 0 Å². The van der Waals surface area contributed by atoms with Gasteiger partial charge in [-0.05, 0) is 19.9 Å². The van der Waals surface area contributed by atoms with Gasteiger partial charge in [0.1, 0.15) is 0 Å². The van der Waals surface area contributed by atoms with Gasteiger partial charge >= 0.3 is 11.7 Å². The highest BCUT2D eigenvalue weighted by molar-refractivity contribution is 5.71. The molecule has 0 fully saturated rings. The van der Waals surface area contributed by atoms with Gasteiger partial charge in [0.25, 0.3) is 0 Å². The number of aryl methyl sites for hydroxylation is 1. The molecule has 7 heteroatoms. The minimum absolute atomic E-state index is 0.186. The predicted octanol–water partition coefficient (Wildman–Crippen LogP) is 0.880. The van der Waals surface area contributed by atoms with Gasteiger partial charge in [0, 0.05) is 23.0 Å². The molecular formula is C14H15N3O4. The Kier molecular flexibility index (Phi) is 4.02. The first kappa shape index (κ1) is 14.7. The smallest absolute Gasteiger partial charge is 0.352 e. The summed E-state index contributed by atoms with van der Waals surface area (Å²) >= 11 is 0. The third-order valence-electron chi connectivity index (χ3n) is 3.18. The predicted molar refractivity (Wildman–Crippen MR) is 75.0 cm³/mol. The Morgan fingerprint density at radius 1 is 1.38 bits per heavy atom. The molecule has 110 valence electrons. The minimum Gasteiger partial charge on any atom is -0.481 e. The first-order valence-electron chi connectivity index (χ1n) is 6.25. The van der Waals surface area contributed by atoms with Crippen molar-refractivity contribution in [1.29, 1.82) is 0 Å². The molecule has 0 unspecified atom stereocenters. The number of hydrogen-bond acceptors (Lipinski definition) is 5. The first-order valence-corrected chi connectivity index (χ1v) is 6.25. The Hall–Kier alpha value is -2.70. The van der Waals surface area contributed by atoms with Crippen molar-refractivity contribution in [2.75, 3.05) is 7.11 Å². The van der Waals surface area contributed by atoms with Crippen molar-refractivity contribution < 1.29 is 14.6 Å². The van der Waals surface area contributed by atoms with Crippen LogP contribution in [0.2, 0.25) is 0 Å². The molecule has 0 amide bonds. The Labute approximate surface area is 120 Å². The zero-order chi connectivity index (χ0) is 15.6. The highest BCUT2D eigenvalue weighted by atomic mass is 16.5. The van der Waals surface area contributed by atoms with Crippen LogP contribution in [0.3, 0.4) is 0 Å². The summed E-state index contributed by atoms with van der Waals surface area (Å²) in [7, 11) is 1.50. The van der Waals surface area contributed by atoms with E-state index in [0.29, 0.717) is 28.5 Å². The fourth-order valence-electron chi connectivity index (χ4n) is 2.14. The summed E-state index contributed by atoms with van der Waals surface area (Å²) < 4.78 is 6.31. The maximum Gasteiger partial charge on any atom is 0.352 e. The molecule has 0 aromatic carbocycles. The molecule has 0 bridgehead atoms. The zero-order valence-electron chi connectivity index (χ0n) is 12.0. The number of ether oxygens (including phenoxy) is 1. The van der Waals surface area contributed by atoms with Crippen molar-refractivity contribution in [2.45, 2.75) is 20.3 Å². The molecular weight excluding hydrogens is 274 g/mol. The molecule has 2 aromatic heterocycles. The Morgan fingerprint density at radius 3 is 2.62 bits per heavy atom. The van der Waals surface area contributed by atoms with Crippen LogP contribution in [0.5, 0.6) is 5.88 Å². The van der Waals surface area contributed by atoms with Crippen LogP contribution in [0, 0.1) is 13.8 Å². The largest absolute Gasteiger partial charge is 0.481 e. The van der Waals surface area contributed by atoms with Crippen LogP contribution in [-0.4, -0.2) is 32.7 Å². The fraction of sp³-hybridized carbons (Fsp3) is 0.286. The highest BCUT2D eigenvalue weighted by Crippen LogP contribution is 2.16. The number of aliphatic carboxylic acids is 1. The van der Waals surface area contributed by atoms with E-state index in [1.165, 1.54) is 17.9 Å². The molecule has 0 aliphatic carbocycles. The summed E-state index contributed by atoms with van der Waals surface area (Å²) in [4.78, 5) is 31.0. The van der Waals surface area contributed by atoms with E-state index in [0.717, 1.165) is 0 Å². The maximum absolute atomic E-state index is 12.1. The van der Waals surface area contributed by atoms with Crippen molar-refractivity contribution in [2.24, 2.45) is 0 Å². The van der Waals surface area contributed by atoms with Crippen LogP contribution in [0.15, 0.2) is 23.1 Å². The van der Waals surface area contributed by atoms with Gasteiger partial charge in [-0.3, -0.25) is 9.36 Å². The van der Waals surface area contributed by atoms with Gasteiger partial charge in [-0.2, -0.15) is 4.98 Å². The lowest BCUT2D eigenvalue weighted by Gasteiger charge is -2.14. The Morgan fingerprint density at radius 2 is 2.10 bits per heavy atom. The van der Waals surface area contributed by atoms with Gasteiger partial charge < -0.3 is 9.84 Å². The van der Waals surface area contributed by atoms with Crippen LogP contribution >= 0.6 is 0 Å². The zero-order valence-corrected chi connectivity index (χ0v) is 12.0. The number of methoxy groups -OCH3 is 1. The number of pyridine rings is 1. The van der Waals surface area contributed by atoms with Crippen LogP contribution in [0.1, 0.15) is 17.0 Å². The molecule has 0 saturated heterocycles. The van der Waals surface area contributed by atoms with Gasteiger partial charge in [-0.15, -0.1) is 0 Å². The van der Waals surface area contributed by atoms with Crippen molar-refractivity contribution >= 4 is 5.97 Å². The average molecular weight is 289 g/mol. The first-order chi connectivity index (χ1) is 9.93. The van der Waals surface area contributed by atoms with E-state index in [1.807, 2.05) is 0 Å². The Balaban J connectivity index is 2.62. The van der Waals surface area contributed by atoms with E-state index < -0.39 is 11.7 Å². The number of carboxylic acid groups (broad SMARTS) is 1. The lowest BCUT2D eigenvalue weighted by atomic mass is 10.1. The van der Waals surface area contributed by atoms with Crippen LogP contribution in [0.25, 0.3) is 5.69 Å². The molecule has 0 aliphatic heterocycles. The van der Waals surface area contributed by atoms with Gasteiger partial charge in [0.15, 0.2) is 0 Å². The third-order valence-corrected chi connectivity index (χ3v) is 3.18. The third kappa shape index (κ3) is 2.91. The van der Waals surface area contributed by atoms with Crippen molar-refractivity contribution in [3.05, 3.63) is 45.8 Å². The number of carboxylic acids is 1. The lowest BCUT2D eigenvalue weighted by Crippen LogP contribution is -2.27. The summed E-state index contributed by atoms with van der Waals surface area (Å²) in [5.41, 5.74) is 1.54. The summed E-state index contributed by atoms with van der Waals surface area (Å²) in [6, 6.07) is 3.29. The molecule has 2 aromatic rings. The molecule has 21 heavy (non-hydrogen) atoms. The molecule has 1 N–H and O–H groups in total. The van der Waals surface area contributed by atoms with Gasteiger partial charge in [0.05, 0.1) is 25.4 Å². The van der Waals surface area contributed by atoms with Gasteiger partial charge in [0.2, 0.25) is 5.88 Å². The average Bonchev–Trinajstić information content (AvgIpc) is 2.44. The molecule has 2 rings (SSSR count). The van der Waals surface area contributed by atoms with Crippen LogP contribution in [-0.2, 0) is 11.2 Å². The number of hydrogen-bond donors (Lipinski definition) is 1. The number of aromatic nitrogens is 3. The van der Waals surface area contributed by atoms with Crippen LogP contribution < -0.4 is 10.4 Å². The SMILES string of the molecule is COc1ccc(-n2c(C)c(CC(=O)O)c(C)nc2=O)cn1. The van der Waals surface area contributed by atoms with E-state index >= 15 is 0 Å². The van der Waals surface area contributed by atoms with E-state index in [-0.39, 0.29) is 6.42 Å². The summed E-state index contributed by atoms with van der Waals surface area (Å²) in [6.07, 6.45) is 1.29. The minimum atomic E-state index is -0.971. The topological polar surface area (TPSA) is 94.3 Å². The summed E-state index contributed by atoms with van der Waals surface area (Å²) in [5.74, 6) is -0.545. The second kappa shape index (κ2) is 5.74. The van der Waals surface area contributed by atoms with Crippen LogP contribution in [0.4, 0.5) is 0 Å². The van der Waals surface area contributed by atoms with E-state index in [4.69, 9.17) is 9.84 Å². The molecule has 2 heterocycles.